The van der Waals surface area contributed by atoms with E-state index in [0.29, 0.717) is 25.3 Å². The summed E-state index contributed by atoms with van der Waals surface area (Å²) in [5.41, 5.74) is 0.353. The third-order valence-corrected chi connectivity index (χ3v) is 2.14. The van der Waals surface area contributed by atoms with Crippen molar-refractivity contribution in [2.24, 2.45) is 0 Å². The van der Waals surface area contributed by atoms with Crippen molar-refractivity contribution in [3.05, 3.63) is 28.4 Å². The van der Waals surface area contributed by atoms with Gasteiger partial charge in [-0.05, 0) is 35.4 Å². The van der Waals surface area contributed by atoms with E-state index in [2.05, 4.69) is 10.3 Å². The maximum atomic E-state index is 11.1. The molecular weight excluding hydrogens is 238 g/mol. The van der Waals surface area contributed by atoms with Gasteiger partial charge >= 0.3 is 11.8 Å². The van der Waals surface area contributed by atoms with Crippen molar-refractivity contribution in [3.63, 3.8) is 0 Å². The van der Waals surface area contributed by atoms with Crippen molar-refractivity contribution in [3.8, 4) is 0 Å². The van der Waals surface area contributed by atoms with Crippen LogP contribution in [0.5, 0.6) is 0 Å². The van der Waals surface area contributed by atoms with Gasteiger partial charge in [0.2, 0.25) is 0 Å². The maximum absolute atomic E-state index is 11.1. The summed E-state index contributed by atoms with van der Waals surface area (Å²) in [4.78, 5) is 24.9. The van der Waals surface area contributed by atoms with E-state index in [4.69, 9.17) is 4.74 Å². The molecule has 0 aliphatic rings. The number of nitrogens with zero attached hydrogens (tertiary/aromatic N) is 2. The molecule has 0 atom stereocenters. The lowest BCUT2D eigenvalue weighted by Crippen LogP contribution is -2.09. The summed E-state index contributed by atoms with van der Waals surface area (Å²) in [6, 6.07) is 3.19. The van der Waals surface area contributed by atoms with Crippen LogP contribution in [0.2, 0.25) is 0 Å². The molecule has 1 aromatic rings. The van der Waals surface area contributed by atoms with E-state index in [1.54, 1.807) is 19.1 Å². The van der Waals surface area contributed by atoms with E-state index >= 15 is 0 Å². The third kappa shape index (κ3) is 4.36. The molecule has 0 bridgehead atoms. The smallest absolute Gasteiger partial charge is 0.386 e. The van der Waals surface area contributed by atoms with Crippen LogP contribution in [0.4, 0.5) is 11.5 Å². The first-order chi connectivity index (χ1) is 8.65. The van der Waals surface area contributed by atoms with Crippen LogP contribution in [0.25, 0.3) is 0 Å². The van der Waals surface area contributed by atoms with Crippen molar-refractivity contribution in [1.82, 2.24) is 4.98 Å². The summed E-state index contributed by atoms with van der Waals surface area (Å²) >= 11 is 0. The monoisotopic (exact) mass is 253 g/mol. The molecule has 1 aromatic heterocycles. The first kappa shape index (κ1) is 13.9. The van der Waals surface area contributed by atoms with Gasteiger partial charge in [-0.3, -0.25) is 4.79 Å². The largest absolute Gasteiger partial charge is 0.466 e. The predicted octanol–water partition coefficient (Wildman–Crippen LogP) is 1.74. The molecule has 0 saturated carbocycles. The van der Waals surface area contributed by atoms with Gasteiger partial charge in [-0.2, -0.15) is 0 Å². The lowest BCUT2D eigenvalue weighted by Gasteiger charge is -2.06. The van der Waals surface area contributed by atoms with Crippen LogP contribution in [0, 0.1) is 10.1 Å². The molecule has 0 fully saturated rings. The normalized spacial score (nSPS) is 9.83. The Hall–Kier alpha value is -2.18. The maximum Gasteiger partial charge on any atom is 0.386 e. The van der Waals surface area contributed by atoms with Crippen LogP contribution in [0.3, 0.4) is 0 Å². The molecule has 7 nitrogen and oxygen atoms in total. The molecular formula is C11H15N3O4. The first-order valence-electron chi connectivity index (χ1n) is 5.64. The summed E-state index contributed by atoms with van der Waals surface area (Å²) in [6.07, 6.45) is 2.20. The SMILES string of the molecule is CCOC(=O)CCCNc1cccnc1[N+](=O)[O-]. The van der Waals surface area contributed by atoms with Gasteiger partial charge in [-0.25, -0.2) is 0 Å². The van der Waals surface area contributed by atoms with E-state index in [1.807, 2.05) is 0 Å². The van der Waals surface area contributed by atoms with E-state index in [9.17, 15) is 14.9 Å². The molecule has 0 aliphatic heterocycles. The zero-order valence-electron chi connectivity index (χ0n) is 10.1. The fourth-order valence-corrected chi connectivity index (χ4v) is 1.37. The number of hydrogen-bond acceptors (Lipinski definition) is 6. The van der Waals surface area contributed by atoms with Crippen LogP contribution in [0.1, 0.15) is 19.8 Å². The molecule has 0 aromatic carbocycles. The van der Waals surface area contributed by atoms with Gasteiger partial charge in [0.25, 0.3) is 0 Å². The van der Waals surface area contributed by atoms with Gasteiger partial charge in [0.15, 0.2) is 0 Å². The number of carbonyl (C=O) groups is 1. The third-order valence-electron chi connectivity index (χ3n) is 2.14. The molecule has 1 N–H and O–H groups in total. The van der Waals surface area contributed by atoms with Crippen LogP contribution in [0.15, 0.2) is 18.3 Å². The summed E-state index contributed by atoms with van der Waals surface area (Å²) < 4.78 is 4.77. The lowest BCUT2D eigenvalue weighted by molar-refractivity contribution is -0.388. The number of carbonyl (C=O) groups excluding carboxylic acids is 1. The molecule has 0 aliphatic carbocycles. The quantitative estimate of drug-likeness (QED) is 0.344. The molecule has 0 saturated heterocycles. The average Bonchev–Trinajstić information content (AvgIpc) is 2.35. The number of ether oxygens (including phenoxy) is 1. The Labute approximate surface area is 104 Å². The summed E-state index contributed by atoms with van der Waals surface area (Å²) in [5, 5.41) is 13.6. The minimum Gasteiger partial charge on any atom is -0.466 e. The Morgan fingerprint density at radius 2 is 2.39 bits per heavy atom. The van der Waals surface area contributed by atoms with Gasteiger partial charge in [0.05, 0.1) is 6.61 Å². The molecule has 7 heteroatoms. The number of aromatic nitrogens is 1. The highest BCUT2D eigenvalue weighted by molar-refractivity contribution is 5.69. The second-order valence-corrected chi connectivity index (χ2v) is 3.47. The number of esters is 1. The first-order valence-corrected chi connectivity index (χ1v) is 5.64. The van der Waals surface area contributed by atoms with Crippen molar-refractivity contribution < 1.29 is 14.5 Å². The highest BCUT2D eigenvalue weighted by Gasteiger charge is 2.13. The zero-order chi connectivity index (χ0) is 13.4. The molecule has 0 unspecified atom stereocenters. The topological polar surface area (TPSA) is 94.4 Å². The second kappa shape index (κ2) is 7.21. The number of pyridine rings is 1. The van der Waals surface area contributed by atoms with E-state index in [1.165, 1.54) is 6.20 Å². The van der Waals surface area contributed by atoms with E-state index in [-0.39, 0.29) is 18.2 Å². The van der Waals surface area contributed by atoms with Crippen molar-refractivity contribution in [1.29, 1.82) is 0 Å². The number of hydrogen-bond donors (Lipinski definition) is 1. The Kier molecular flexibility index (Phi) is 5.56. The van der Waals surface area contributed by atoms with Gasteiger partial charge in [-0.1, -0.05) is 0 Å². The van der Waals surface area contributed by atoms with Crippen LogP contribution >= 0.6 is 0 Å². The number of rotatable bonds is 7. The zero-order valence-corrected chi connectivity index (χ0v) is 10.1. The fourth-order valence-electron chi connectivity index (χ4n) is 1.37. The second-order valence-electron chi connectivity index (χ2n) is 3.47. The molecule has 98 valence electrons. The molecule has 0 spiro atoms. The van der Waals surface area contributed by atoms with Crippen LogP contribution < -0.4 is 5.32 Å². The average molecular weight is 253 g/mol. The van der Waals surface area contributed by atoms with Crippen LogP contribution in [-0.2, 0) is 9.53 Å². The predicted molar refractivity (Wildman–Crippen MR) is 65.2 cm³/mol. The summed E-state index contributed by atoms with van der Waals surface area (Å²) in [7, 11) is 0. The molecule has 0 radical (unpaired) electrons. The Morgan fingerprint density at radius 3 is 3.06 bits per heavy atom. The van der Waals surface area contributed by atoms with Crippen molar-refractivity contribution >= 4 is 17.5 Å². The Morgan fingerprint density at radius 1 is 1.61 bits per heavy atom. The van der Waals surface area contributed by atoms with Crippen molar-refractivity contribution in [2.45, 2.75) is 19.8 Å². The Balaban J connectivity index is 2.40. The van der Waals surface area contributed by atoms with Crippen LogP contribution in [-0.4, -0.2) is 29.0 Å². The number of anilines is 1. The van der Waals surface area contributed by atoms with Crippen molar-refractivity contribution in [2.75, 3.05) is 18.5 Å². The van der Waals surface area contributed by atoms with E-state index < -0.39 is 4.92 Å². The molecule has 18 heavy (non-hydrogen) atoms. The van der Waals surface area contributed by atoms with E-state index in [0.717, 1.165) is 0 Å². The van der Waals surface area contributed by atoms with Gasteiger partial charge in [0.1, 0.15) is 11.9 Å². The fraction of sp³-hybridized carbons (Fsp3) is 0.455. The summed E-state index contributed by atoms with van der Waals surface area (Å²) in [6.45, 7) is 2.56. The number of nitro groups is 1. The van der Waals surface area contributed by atoms with Gasteiger partial charge < -0.3 is 20.2 Å². The lowest BCUT2D eigenvalue weighted by atomic mass is 10.3. The standard InChI is InChI=1S/C11H15N3O4/c1-2-18-10(15)6-4-7-12-9-5-3-8-13-11(9)14(16)17/h3,5,8,12H,2,4,6-7H2,1H3. The van der Waals surface area contributed by atoms with Gasteiger partial charge in [-0.15, -0.1) is 0 Å². The Bertz CT molecular complexity index is 423. The van der Waals surface area contributed by atoms with Gasteiger partial charge in [0, 0.05) is 13.0 Å². The summed E-state index contributed by atoms with van der Waals surface area (Å²) in [5.74, 6) is -0.478. The minimum atomic E-state index is -0.548. The highest BCUT2D eigenvalue weighted by atomic mass is 16.6. The molecule has 1 rings (SSSR count). The highest BCUT2D eigenvalue weighted by Crippen LogP contribution is 2.19. The molecule has 0 amide bonds. The molecule has 1 heterocycles. The number of nitrogens with one attached hydrogen (secondary N) is 1. The minimum absolute atomic E-state index is 0.214.